The van der Waals surface area contributed by atoms with Crippen molar-refractivity contribution in [3.63, 3.8) is 0 Å². The molecule has 1 aromatic heterocycles. The summed E-state index contributed by atoms with van der Waals surface area (Å²) in [4.78, 5) is 29.9. The van der Waals surface area contributed by atoms with E-state index < -0.39 is 0 Å². The van der Waals surface area contributed by atoms with Crippen molar-refractivity contribution in [1.29, 1.82) is 0 Å². The molecule has 5 heteroatoms. The third-order valence-corrected chi connectivity index (χ3v) is 5.82. The second-order valence-electron chi connectivity index (χ2n) is 7.34. The number of aryl methyl sites for hydroxylation is 1. The Morgan fingerprint density at radius 1 is 1.17 bits per heavy atom. The van der Waals surface area contributed by atoms with Crippen LogP contribution in [-0.4, -0.2) is 44.9 Å². The SMILES string of the molecule is Cn1cccc(CN2CCCC23CCCN(C2CC2)C3=O)c1=O. The summed E-state index contributed by atoms with van der Waals surface area (Å²) in [6, 6.07) is 4.31. The molecule has 3 heterocycles. The second kappa shape index (κ2) is 5.48. The number of pyridine rings is 1. The first-order chi connectivity index (χ1) is 11.1. The first-order valence-corrected chi connectivity index (χ1v) is 8.82. The molecule has 2 saturated heterocycles. The molecule has 0 N–H and O–H groups in total. The number of rotatable bonds is 3. The van der Waals surface area contributed by atoms with E-state index in [4.69, 9.17) is 0 Å². The average molecular weight is 315 g/mol. The smallest absolute Gasteiger partial charge is 0.254 e. The molecule has 0 bridgehead atoms. The summed E-state index contributed by atoms with van der Waals surface area (Å²) >= 11 is 0. The lowest BCUT2D eigenvalue weighted by atomic mass is 9.85. The van der Waals surface area contributed by atoms with Crippen LogP contribution in [0.2, 0.25) is 0 Å². The normalized spacial score (nSPS) is 28.7. The molecule has 124 valence electrons. The van der Waals surface area contributed by atoms with Gasteiger partial charge in [0.1, 0.15) is 5.54 Å². The van der Waals surface area contributed by atoms with Gasteiger partial charge in [0.2, 0.25) is 5.91 Å². The van der Waals surface area contributed by atoms with Gasteiger partial charge in [-0.3, -0.25) is 14.5 Å². The zero-order chi connectivity index (χ0) is 16.0. The van der Waals surface area contributed by atoms with Gasteiger partial charge in [0.25, 0.3) is 5.56 Å². The van der Waals surface area contributed by atoms with Gasteiger partial charge in [-0.1, -0.05) is 6.07 Å². The minimum atomic E-state index is -0.346. The summed E-state index contributed by atoms with van der Waals surface area (Å²) in [5.41, 5.74) is 0.506. The Labute approximate surface area is 136 Å². The molecule has 1 unspecified atom stereocenters. The maximum atomic E-state index is 13.2. The Morgan fingerprint density at radius 2 is 1.91 bits per heavy atom. The van der Waals surface area contributed by atoms with E-state index in [0.29, 0.717) is 18.5 Å². The summed E-state index contributed by atoms with van der Waals surface area (Å²) in [7, 11) is 1.78. The van der Waals surface area contributed by atoms with Crippen molar-refractivity contribution in [2.75, 3.05) is 13.1 Å². The first kappa shape index (κ1) is 14.9. The van der Waals surface area contributed by atoms with Gasteiger partial charge in [-0.2, -0.15) is 0 Å². The van der Waals surface area contributed by atoms with E-state index in [1.807, 2.05) is 12.1 Å². The Kier molecular flexibility index (Phi) is 3.56. The predicted molar refractivity (Wildman–Crippen MR) is 88.0 cm³/mol. The largest absolute Gasteiger partial charge is 0.338 e. The van der Waals surface area contributed by atoms with Crippen molar-refractivity contribution >= 4 is 5.91 Å². The van der Waals surface area contributed by atoms with E-state index in [2.05, 4.69) is 9.80 Å². The second-order valence-corrected chi connectivity index (χ2v) is 7.34. The third kappa shape index (κ3) is 2.42. The van der Waals surface area contributed by atoms with Crippen molar-refractivity contribution in [2.24, 2.45) is 7.05 Å². The molecule has 1 aliphatic carbocycles. The number of hydrogen-bond donors (Lipinski definition) is 0. The summed E-state index contributed by atoms with van der Waals surface area (Å²) in [5.74, 6) is 0.330. The molecule has 3 aliphatic rings. The van der Waals surface area contributed by atoms with Crippen molar-refractivity contribution in [1.82, 2.24) is 14.4 Å². The standard InChI is InChI=1S/C18H25N3O2/c1-19-10-2-5-14(16(19)22)13-20-11-3-8-18(20)9-4-12-21(17(18)23)15-6-7-15/h2,5,10,15H,3-4,6-9,11-13H2,1H3. The van der Waals surface area contributed by atoms with Gasteiger partial charge < -0.3 is 9.47 Å². The number of nitrogens with zero attached hydrogens (tertiary/aromatic N) is 3. The summed E-state index contributed by atoms with van der Waals surface area (Å²) in [6.45, 7) is 2.44. The van der Waals surface area contributed by atoms with Crippen LogP contribution in [0.1, 0.15) is 44.1 Å². The van der Waals surface area contributed by atoms with Gasteiger partial charge in [0, 0.05) is 37.9 Å². The molecule has 3 fully saturated rings. The highest BCUT2D eigenvalue weighted by atomic mass is 16.2. The average Bonchev–Trinajstić information content (AvgIpc) is 3.30. The highest BCUT2D eigenvalue weighted by molar-refractivity contribution is 5.88. The maximum absolute atomic E-state index is 13.2. The highest BCUT2D eigenvalue weighted by Crippen LogP contribution is 2.42. The van der Waals surface area contributed by atoms with Crippen molar-refractivity contribution < 1.29 is 4.79 Å². The number of hydrogen-bond acceptors (Lipinski definition) is 3. The van der Waals surface area contributed by atoms with Crippen LogP contribution in [-0.2, 0) is 18.4 Å². The van der Waals surface area contributed by atoms with Crippen LogP contribution >= 0.6 is 0 Å². The molecule has 0 radical (unpaired) electrons. The monoisotopic (exact) mass is 315 g/mol. The van der Waals surface area contributed by atoms with E-state index in [-0.39, 0.29) is 11.1 Å². The van der Waals surface area contributed by atoms with Crippen LogP contribution in [0.15, 0.2) is 23.1 Å². The van der Waals surface area contributed by atoms with Crippen LogP contribution in [0.3, 0.4) is 0 Å². The summed E-state index contributed by atoms with van der Waals surface area (Å²) in [6.07, 6.45) is 8.15. The first-order valence-electron chi connectivity index (χ1n) is 8.82. The molecule has 2 aliphatic heterocycles. The number of aromatic nitrogens is 1. The Bertz CT molecular complexity index is 679. The predicted octanol–water partition coefficient (Wildman–Crippen LogP) is 1.50. The fourth-order valence-corrected chi connectivity index (χ4v) is 4.42. The number of piperidine rings is 1. The van der Waals surface area contributed by atoms with E-state index in [0.717, 1.165) is 44.3 Å². The molecular formula is C18H25N3O2. The lowest BCUT2D eigenvalue weighted by Crippen LogP contribution is -2.60. The topological polar surface area (TPSA) is 45.5 Å². The van der Waals surface area contributed by atoms with Crippen LogP contribution < -0.4 is 5.56 Å². The number of amides is 1. The van der Waals surface area contributed by atoms with Gasteiger partial charge in [0.15, 0.2) is 0 Å². The molecule has 5 nitrogen and oxygen atoms in total. The molecule has 1 saturated carbocycles. The molecule has 1 atom stereocenters. The lowest BCUT2D eigenvalue weighted by molar-refractivity contribution is -0.148. The van der Waals surface area contributed by atoms with Crippen molar-refractivity contribution in [3.8, 4) is 0 Å². The number of likely N-dealkylation sites (tertiary alicyclic amines) is 2. The zero-order valence-corrected chi connectivity index (χ0v) is 13.8. The fraction of sp³-hybridized carbons (Fsp3) is 0.667. The van der Waals surface area contributed by atoms with E-state index in [1.165, 1.54) is 12.8 Å². The van der Waals surface area contributed by atoms with Gasteiger partial charge in [-0.05, 0) is 51.1 Å². The van der Waals surface area contributed by atoms with Crippen molar-refractivity contribution in [2.45, 2.75) is 56.7 Å². The lowest BCUT2D eigenvalue weighted by Gasteiger charge is -2.45. The fourth-order valence-electron chi connectivity index (χ4n) is 4.42. The van der Waals surface area contributed by atoms with E-state index in [1.54, 1.807) is 17.8 Å². The molecule has 4 rings (SSSR count). The molecule has 1 amide bonds. The quantitative estimate of drug-likeness (QED) is 0.849. The number of carbonyl (C=O) groups is 1. The van der Waals surface area contributed by atoms with Gasteiger partial charge >= 0.3 is 0 Å². The molecule has 1 aromatic rings. The molecule has 23 heavy (non-hydrogen) atoms. The molecular weight excluding hydrogens is 290 g/mol. The van der Waals surface area contributed by atoms with Gasteiger partial charge in [0.05, 0.1) is 0 Å². The Hall–Kier alpha value is -1.62. The molecule has 0 aromatic carbocycles. The minimum Gasteiger partial charge on any atom is -0.338 e. The van der Waals surface area contributed by atoms with E-state index >= 15 is 0 Å². The van der Waals surface area contributed by atoms with E-state index in [9.17, 15) is 9.59 Å². The van der Waals surface area contributed by atoms with Crippen LogP contribution in [0.4, 0.5) is 0 Å². The van der Waals surface area contributed by atoms with Crippen LogP contribution in [0.5, 0.6) is 0 Å². The summed E-state index contributed by atoms with van der Waals surface area (Å²) in [5, 5.41) is 0. The zero-order valence-electron chi connectivity index (χ0n) is 13.8. The van der Waals surface area contributed by atoms with Gasteiger partial charge in [-0.25, -0.2) is 0 Å². The highest BCUT2D eigenvalue weighted by Gasteiger charge is 2.53. The van der Waals surface area contributed by atoms with Crippen LogP contribution in [0, 0.1) is 0 Å². The Morgan fingerprint density at radius 3 is 2.65 bits per heavy atom. The van der Waals surface area contributed by atoms with Crippen molar-refractivity contribution in [3.05, 3.63) is 34.2 Å². The number of carbonyl (C=O) groups excluding carboxylic acids is 1. The summed E-state index contributed by atoms with van der Waals surface area (Å²) < 4.78 is 1.62. The Balaban J connectivity index is 1.61. The third-order valence-electron chi connectivity index (χ3n) is 5.82. The minimum absolute atomic E-state index is 0.0526. The maximum Gasteiger partial charge on any atom is 0.254 e. The molecule has 1 spiro atoms. The van der Waals surface area contributed by atoms with Gasteiger partial charge in [-0.15, -0.1) is 0 Å². The van der Waals surface area contributed by atoms with Crippen LogP contribution in [0.25, 0.3) is 0 Å².